The molecule has 1 saturated heterocycles. The van der Waals surface area contributed by atoms with Gasteiger partial charge in [0, 0.05) is 57.3 Å². The Bertz CT molecular complexity index is 895. The van der Waals surface area contributed by atoms with Crippen molar-refractivity contribution in [3.63, 3.8) is 0 Å². The van der Waals surface area contributed by atoms with Gasteiger partial charge in [-0.3, -0.25) is 4.90 Å². The van der Waals surface area contributed by atoms with E-state index in [4.69, 9.17) is 4.74 Å². The highest BCUT2D eigenvalue weighted by Gasteiger charge is 2.38. The van der Waals surface area contributed by atoms with E-state index in [0.29, 0.717) is 19.6 Å². The Morgan fingerprint density at radius 3 is 2.43 bits per heavy atom. The molecule has 0 spiro atoms. The van der Waals surface area contributed by atoms with Gasteiger partial charge in [0.15, 0.2) is 0 Å². The molecule has 0 radical (unpaired) electrons. The zero-order chi connectivity index (χ0) is 20.5. The zero-order valence-corrected chi connectivity index (χ0v) is 17.9. The van der Waals surface area contributed by atoms with Crippen molar-refractivity contribution in [2.75, 3.05) is 34.3 Å². The Morgan fingerprint density at radius 2 is 1.82 bits per heavy atom. The number of nitrogens with zero attached hydrogens (tertiary/aromatic N) is 5. The first-order valence-corrected chi connectivity index (χ1v) is 10.8. The molecule has 1 aliphatic heterocycles. The first kappa shape index (κ1) is 20.8. The number of piperazine rings is 1. The van der Waals surface area contributed by atoms with Crippen LogP contribution in [0.15, 0.2) is 36.7 Å². The van der Waals surface area contributed by atoms with Crippen molar-refractivity contribution in [3.8, 4) is 11.4 Å². The lowest BCUT2D eigenvalue weighted by molar-refractivity contribution is 0.0733. The lowest BCUT2D eigenvalue weighted by Gasteiger charge is -2.44. The summed E-state index contributed by atoms with van der Waals surface area (Å²) in [5.41, 5.74) is 1.02. The standard InChI is InChI=1S/C19H29N5O3S/c1-15-16(2)24(28(25,26)21(3)4)13-12-22(15)14-19-20-10-11-23(19)17-6-8-18(27-5)9-7-17/h6-11,15-16H,12-14H2,1-5H3/t15-,16+/m0/s1. The van der Waals surface area contributed by atoms with E-state index in [1.54, 1.807) is 31.7 Å². The van der Waals surface area contributed by atoms with E-state index in [0.717, 1.165) is 17.3 Å². The van der Waals surface area contributed by atoms with E-state index < -0.39 is 10.2 Å². The first-order valence-electron chi connectivity index (χ1n) is 9.35. The van der Waals surface area contributed by atoms with Gasteiger partial charge >= 0.3 is 0 Å². The van der Waals surface area contributed by atoms with E-state index in [9.17, 15) is 8.42 Å². The van der Waals surface area contributed by atoms with Crippen molar-refractivity contribution in [2.24, 2.45) is 0 Å². The molecule has 0 saturated carbocycles. The summed E-state index contributed by atoms with van der Waals surface area (Å²) in [7, 11) is 1.38. The SMILES string of the molecule is COc1ccc(-n2ccnc2CN2CCN(S(=O)(=O)N(C)C)[C@H](C)[C@@H]2C)cc1. The van der Waals surface area contributed by atoms with Crippen LogP contribution in [0.4, 0.5) is 0 Å². The van der Waals surface area contributed by atoms with E-state index in [1.165, 1.54) is 4.31 Å². The molecule has 8 nitrogen and oxygen atoms in total. The monoisotopic (exact) mass is 407 g/mol. The van der Waals surface area contributed by atoms with Gasteiger partial charge in [-0.05, 0) is 38.1 Å². The molecule has 0 unspecified atom stereocenters. The average molecular weight is 408 g/mol. The quantitative estimate of drug-likeness (QED) is 0.727. The molecule has 1 aromatic carbocycles. The van der Waals surface area contributed by atoms with Gasteiger partial charge in [0.25, 0.3) is 10.2 Å². The van der Waals surface area contributed by atoms with Crippen molar-refractivity contribution in [1.82, 2.24) is 23.1 Å². The van der Waals surface area contributed by atoms with Crippen molar-refractivity contribution in [1.29, 1.82) is 0 Å². The van der Waals surface area contributed by atoms with Crippen molar-refractivity contribution >= 4 is 10.2 Å². The number of hydrogen-bond acceptors (Lipinski definition) is 5. The number of rotatable bonds is 6. The molecule has 0 bridgehead atoms. The fourth-order valence-corrected chi connectivity index (χ4v) is 4.88. The van der Waals surface area contributed by atoms with E-state index in [1.807, 2.05) is 37.4 Å². The van der Waals surface area contributed by atoms with Gasteiger partial charge < -0.3 is 9.30 Å². The van der Waals surface area contributed by atoms with Crippen LogP contribution in [0.1, 0.15) is 19.7 Å². The lowest BCUT2D eigenvalue weighted by atomic mass is 10.1. The van der Waals surface area contributed by atoms with Crippen LogP contribution in [-0.2, 0) is 16.8 Å². The third-order valence-corrected chi connectivity index (χ3v) is 7.54. The smallest absolute Gasteiger partial charge is 0.281 e. The number of ether oxygens (including phenoxy) is 1. The van der Waals surface area contributed by atoms with Gasteiger partial charge in [-0.15, -0.1) is 0 Å². The predicted molar refractivity (Wildman–Crippen MR) is 109 cm³/mol. The van der Waals surface area contributed by atoms with E-state index in [-0.39, 0.29) is 12.1 Å². The minimum absolute atomic E-state index is 0.0736. The molecule has 154 valence electrons. The Hall–Kier alpha value is -1.94. The molecule has 1 fully saturated rings. The molecule has 1 aromatic heterocycles. The molecular formula is C19H29N5O3S. The molecule has 9 heteroatoms. The molecule has 2 atom stereocenters. The van der Waals surface area contributed by atoms with Gasteiger partial charge in [-0.1, -0.05) is 0 Å². The number of aromatic nitrogens is 2. The van der Waals surface area contributed by atoms with Crippen LogP contribution in [0.25, 0.3) is 5.69 Å². The summed E-state index contributed by atoms with van der Waals surface area (Å²) < 4.78 is 35.3. The maximum atomic E-state index is 12.6. The van der Waals surface area contributed by atoms with Gasteiger partial charge in [-0.2, -0.15) is 17.0 Å². The Balaban J connectivity index is 1.76. The minimum Gasteiger partial charge on any atom is -0.497 e. The fourth-order valence-electron chi connectivity index (χ4n) is 3.55. The molecule has 2 heterocycles. The van der Waals surface area contributed by atoms with Gasteiger partial charge in [0.2, 0.25) is 0 Å². The molecule has 0 aliphatic carbocycles. The van der Waals surface area contributed by atoms with Crippen LogP contribution >= 0.6 is 0 Å². The normalized spacial score (nSPS) is 21.9. The Labute approximate surface area is 167 Å². The number of methoxy groups -OCH3 is 1. The molecule has 1 aliphatic rings. The second kappa shape index (κ2) is 8.20. The summed E-state index contributed by atoms with van der Waals surface area (Å²) in [6, 6.07) is 7.80. The maximum Gasteiger partial charge on any atom is 0.281 e. The van der Waals surface area contributed by atoms with Gasteiger partial charge in [0.1, 0.15) is 11.6 Å². The minimum atomic E-state index is -3.42. The Morgan fingerprint density at radius 1 is 1.14 bits per heavy atom. The molecular weight excluding hydrogens is 378 g/mol. The van der Waals surface area contributed by atoms with Crippen LogP contribution in [0, 0.1) is 0 Å². The molecule has 2 aromatic rings. The summed E-state index contributed by atoms with van der Waals surface area (Å²) in [5.74, 6) is 1.74. The van der Waals surface area contributed by atoms with Crippen molar-refractivity contribution in [2.45, 2.75) is 32.5 Å². The highest BCUT2D eigenvalue weighted by Crippen LogP contribution is 2.24. The maximum absolute atomic E-state index is 12.6. The van der Waals surface area contributed by atoms with Crippen LogP contribution in [-0.4, -0.2) is 77.9 Å². The van der Waals surface area contributed by atoms with Crippen molar-refractivity contribution in [3.05, 3.63) is 42.5 Å². The van der Waals surface area contributed by atoms with Crippen LogP contribution < -0.4 is 4.74 Å². The van der Waals surface area contributed by atoms with Crippen LogP contribution in [0.2, 0.25) is 0 Å². The predicted octanol–water partition coefficient (Wildman–Crippen LogP) is 1.58. The summed E-state index contributed by atoms with van der Waals surface area (Å²) in [5, 5.41) is 0. The largest absolute Gasteiger partial charge is 0.497 e. The zero-order valence-electron chi connectivity index (χ0n) is 17.1. The average Bonchev–Trinajstić information content (AvgIpc) is 3.13. The summed E-state index contributed by atoms with van der Waals surface area (Å²) in [6.07, 6.45) is 3.73. The lowest BCUT2D eigenvalue weighted by Crippen LogP contribution is -2.60. The number of imidazole rings is 1. The summed E-state index contributed by atoms with van der Waals surface area (Å²) in [6.45, 7) is 5.82. The van der Waals surface area contributed by atoms with Crippen LogP contribution in [0.3, 0.4) is 0 Å². The highest BCUT2D eigenvalue weighted by molar-refractivity contribution is 7.86. The molecule has 28 heavy (non-hydrogen) atoms. The molecule has 0 N–H and O–H groups in total. The van der Waals surface area contributed by atoms with Crippen molar-refractivity contribution < 1.29 is 13.2 Å². The second-order valence-electron chi connectivity index (χ2n) is 7.26. The third-order valence-electron chi connectivity index (χ3n) is 5.51. The first-order chi connectivity index (χ1) is 13.3. The number of hydrogen-bond donors (Lipinski definition) is 0. The van der Waals surface area contributed by atoms with Gasteiger partial charge in [0.05, 0.1) is 13.7 Å². The molecule has 0 amide bonds. The van der Waals surface area contributed by atoms with E-state index in [2.05, 4.69) is 21.4 Å². The Kier molecular flexibility index (Phi) is 6.09. The number of benzene rings is 1. The van der Waals surface area contributed by atoms with Gasteiger partial charge in [-0.25, -0.2) is 4.98 Å². The highest BCUT2D eigenvalue weighted by atomic mass is 32.2. The summed E-state index contributed by atoms with van der Waals surface area (Å²) >= 11 is 0. The topological polar surface area (TPSA) is 70.9 Å². The van der Waals surface area contributed by atoms with E-state index >= 15 is 0 Å². The second-order valence-corrected chi connectivity index (χ2v) is 9.36. The van der Waals surface area contributed by atoms with Crippen LogP contribution in [0.5, 0.6) is 5.75 Å². The summed E-state index contributed by atoms with van der Waals surface area (Å²) in [4.78, 5) is 6.82. The fraction of sp³-hybridized carbons (Fsp3) is 0.526. The third kappa shape index (κ3) is 3.93. The molecule has 3 rings (SSSR count).